The molecule has 3 heteroatoms. The summed E-state index contributed by atoms with van der Waals surface area (Å²) in [4.78, 5) is 4.25. The molecule has 1 aromatic heterocycles. The van der Waals surface area contributed by atoms with Crippen LogP contribution >= 0.6 is 0 Å². The number of aryl methyl sites for hydroxylation is 1. The number of hydrogen-bond acceptors (Lipinski definition) is 2. The Morgan fingerprint density at radius 1 is 1.22 bits per heavy atom. The maximum atomic E-state index is 12.9. The lowest BCUT2D eigenvalue weighted by Crippen LogP contribution is -2.10. The summed E-state index contributed by atoms with van der Waals surface area (Å²) in [6.07, 6.45) is 2.71. The monoisotopic (exact) mass is 244 g/mol. The first-order valence-corrected chi connectivity index (χ1v) is 6.14. The quantitative estimate of drug-likeness (QED) is 0.876. The minimum Gasteiger partial charge on any atom is -0.377 e. The topological polar surface area (TPSA) is 24.9 Å². The second-order valence-corrected chi connectivity index (χ2v) is 4.29. The highest BCUT2D eigenvalue weighted by Gasteiger charge is 2.10. The van der Waals surface area contributed by atoms with Gasteiger partial charge in [-0.1, -0.05) is 19.1 Å². The third-order valence-electron chi connectivity index (χ3n) is 3.02. The number of benzene rings is 1. The summed E-state index contributed by atoms with van der Waals surface area (Å²) in [6, 6.07) is 10.7. The summed E-state index contributed by atoms with van der Waals surface area (Å²) in [5.41, 5.74) is 3.08. The highest BCUT2D eigenvalue weighted by atomic mass is 19.1. The highest BCUT2D eigenvalue weighted by molar-refractivity contribution is 5.48. The molecule has 2 aromatic rings. The van der Waals surface area contributed by atoms with Gasteiger partial charge in [0.15, 0.2) is 0 Å². The van der Waals surface area contributed by atoms with E-state index in [0.717, 1.165) is 23.4 Å². The second-order valence-electron chi connectivity index (χ2n) is 4.29. The summed E-state index contributed by atoms with van der Waals surface area (Å²) in [7, 11) is 0. The van der Waals surface area contributed by atoms with Crippen molar-refractivity contribution in [2.24, 2.45) is 0 Å². The molecule has 0 radical (unpaired) electrons. The van der Waals surface area contributed by atoms with Crippen LogP contribution in [0.1, 0.15) is 30.6 Å². The summed E-state index contributed by atoms with van der Waals surface area (Å²) in [5, 5.41) is 3.45. The van der Waals surface area contributed by atoms with Gasteiger partial charge in [0.05, 0.1) is 17.4 Å². The number of nitrogens with zero attached hydrogens (tertiary/aromatic N) is 1. The molecule has 18 heavy (non-hydrogen) atoms. The van der Waals surface area contributed by atoms with Gasteiger partial charge >= 0.3 is 0 Å². The Bertz CT molecular complexity index is 508. The Morgan fingerprint density at radius 3 is 2.56 bits per heavy atom. The molecule has 0 bridgehead atoms. The van der Waals surface area contributed by atoms with Crippen LogP contribution in [-0.4, -0.2) is 4.98 Å². The van der Waals surface area contributed by atoms with E-state index in [2.05, 4.69) is 17.2 Å². The van der Waals surface area contributed by atoms with Crippen LogP contribution < -0.4 is 5.32 Å². The highest BCUT2D eigenvalue weighted by Crippen LogP contribution is 2.23. The van der Waals surface area contributed by atoms with Crippen LogP contribution in [0.4, 0.5) is 10.1 Å². The van der Waals surface area contributed by atoms with E-state index in [0.29, 0.717) is 0 Å². The summed E-state index contributed by atoms with van der Waals surface area (Å²) >= 11 is 0. The molecule has 94 valence electrons. The first-order valence-electron chi connectivity index (χ1n) is 6.14. The molecule has 2 nitrogen and oxygen atoms in total. The average molecular weight is 244 g/mol. The zero-order valence-electron chi connectivity index (χ0n) is 10.7. The van der Waals surface area contributed by atoms with Gasteiger partial charge in [0, 0.05) is 6.20 Å². The van der Waals surface area contributed by atoms with E-state index in [9.17, 15) is 4.39 Å². The molecule has 0 aliphatic carbocycles. The van der Waals surface area contributed by atoms with Crippen molar-refractivity contribution in [2.75, 3.05) is 5.32 Å². The fraction of sp³-hybridized carbons (Fsp3) is 0.267. The third kappa shape index (κ3) is 2.86. The molecule has 1 unspecified atom stereocenters. The fourth-order valence-electron chi connectivity index (χ4n) is 1.94. The van der Waals surface area contributed by atoms with E-state index in [1.54, 1.807) is 6.20 Å². The van der Waals surface area contributed by atoms with E-state index < -0.39 is 0 Å². The van der Waals surface area contributed by atoms with Gasteiger partial charge in [-0.15, -0.1) is 0 Å². The van der Waals surface area contributed by atoms with E-state index in [1.807, 2.05) is 31.2 Å². The smallest absolute Gasteiger partial charge is 0.123 e. The SMILES string of the molecule is CCC(Nc1cccnc1C)c1ccc(F)cc1. The molecule has 1 heterocycles. The molecule has 0 aliphatic heterocycles. The Balaban J connectivity index is 2.20. The van der Waals surface area contributed by atoms with Crippen LogP contribution in [0.15, 0.2) is 42.6 Å². The van der Waals surface area contributed by atoms with Gasteiger partial charge in [-0.05, 0) is 43.2 Å². The van der Waals surface area contributed by atoms with Crippen molar-refractivity contribution < 1.29 is 4.39 Å². The standard InChI is InChI=1S/C15H17FN2/c1-3-14(12-6-8-13(16)9-7-12)18-15-5-4-10-17-11(15)2/h4-10,14,18H,3H2,1-2H3. The molecule has 1 aromatic carbocycles. The van der Waals surface area contributed by atoms with E-state index >= 15 is 0 Å². The molecular weight excluding hydrogens is 227 g/mol. The number of pyridine rings is 1. The number of aromatic nitrogens is 1. The minimum absolute atomic E-state index is 0.175. The largest absolute Gasteiger partial charge is 0.377 e. The molecule has 0 saturated carbocycles. The predicted molar refractivity (Wildman–Crippen MR) is 72.0 cm³/mol. The second kappa shape index (κ2) is 5.63. The lowest BCUT2D eigenvalue weighted by Gasteiger charge is -2.19. The van der Waals surface area contributed by atoms with Crippen molar-refractivity contribution in [3.8, 4) is 0 Å². The van der Waals surface area contributed by atoms with Gasteiger partial charge in [-0.2, -0.15) is 0 Å². The third-order valence-corrected chi connectivity index (χ3v) is 3.02. The predicted octanol–water partition coefficient (Wildman–Crippen LogP) is 4.09. The first kappa shape index (κ1) is 12.6. The number of rotatable bonds is 4. The van der Waals surface area contributed by atoms with Crippen molar-refractivity contribution in [3.63, 3.8) is 0 Å². The summed E-state index contributed by atoms with van der Waals surface area (Å²) < 4.78 is 12.9. The van der Waals surface area contributed by atoms with Crippen molar-refractivity contribution in [3.05, 3.63) is 59.7 Å². The van der Waals surface area contributed by atoms with E-state index in [4.69, 9.17) is 0 Å². The molecule has 1 atom stereocenters. The van der Waals surface area contributed by atoms with Crippen LogP contribution in [0, 0.1) is 12.7 Å². The van der Waals surface area contributed by atoms with Crippen molar-refractivity contribution in [2.45, 2.75) is 26.3 Å². The molecule has 0 amide bonds. The van der Waals surface area contributed by atoms with Crippen molar-refractivity contribution in [1.29, 1.82) is 0 Å². The van der Waals surface area contributed by atoms with Crippen LogP contribution in [0.5, 0.6) is 0 Å². The van der Waals surface area contributed by atoms with Crippen LogP contribution in [0.2, 0.25) is 0 Å². The Morgan fingerprint density at radius 2 is 1.94 bits per heavy atom. The van der Waals surface area contributed by atoms with E-state index in [1.165, 1.54) is 12.1 Å². The van der Waals surface area contributed by atoms with Gasteiger partial charge in [0.2, 0.25) is 0 Å². The van der Waals surface area contributed by atoms with Gasteiger partial charge < -0.3 is 5.32 Å². The van der Waals surface area contributed by atoms with Crippen molar-refractivity contribution in [1.82, 2.24) is 4.98 Å². The Hall–Kier alpha value is -1.90. The minimum atomic E-state index is -0.203. The zero-order chi connectivity index (χ0) is 13.0. The molecule has 0 saturated heterocycles. The fourth-order valence-corrected chi connectivity index (χ4v) is 1.94. The van der Waals surface area contributed by atoms with Crippen LogP contribution in [0.25, 0.3) is 0 Å². The number of anilines is 1. The molecular formula is C15H17FN2. The summed E-state index contributed by atoms with van der Waals surface area (Å²) in [5.74, 6) is -0.203. The molecule has 1 N–H and O–H groups in total. The molecule has 0 spiro atoms. The maximum absolute atomic E-state index is 12.9. The Kier molecular flexibility index (Phi) is 3.92. The van der Waals surface area contributed by atoms with Gasteiger partial charge in [0.1, 0.15) is 5.82 Å². The first-order chi connectivity index (χ1) is 8.70. The number of nitrogens with one attached hydrogen (secondary N) is 1. The lowest BCUT2D eigenvalue weighted by atomic mass is 10.0. The molecule has 0 fully saturated rings. The maximum Gasteiger partial charge on any atom is 0.123 e. The van der Waals surface area contributed by atoms with Crippen molar-refractivity contribution >= 4 is 5.69 Å². The number of halogens is 1. The van der Waals surface area contributed by atoms with Gasteiger partial charge in [-0.25, -0.2) is 4.39 Å². The van der Waals surface area contributed by atoms with Gasteiger partial charge in [0.25, 0.3) is 0 Å². The lowest BCUT2D eigenvalue weighted by molar-refractivity contribution is 0.625. The van der Waals surface area contributed by atoms with Crippen LogP contribution in [-0.2, 0) is 0 Å². The van der Waals surface area contributed by atoms with Crippen LogP contribution in [0.3, 0.4) is 0 Å². The normalized spacial score (nSPS) is 12.2. The summed E-state index contributed by atoms with van der Waals surface area (Å²) in [6.45, 7) is 4.08. The molecule has 2 rings (SSSR count). The number of hydrogen-bond donors (Lipinski definition) is 1. The zero-order valence-corrected chi connectivity index (χ0v) is 10.7. The Labute approximate surface area is 107 Å². The van der Waals surface area contributed by atoms with Gasteiger partial charge in [-0.3, -0.25) is 4.98 Å². The average Bonchev–Trinajstić information content (AvgIpc) is 2.39. The molecule has 0 aliphatic rings. The van der Waals surface area contributed by atoms with E-state index in [-0.39, 0.29) is 11.9 Å².